The molecule has 1 aromatic rings. The third-order valence-electron chi connectivity index (χ3n) is 2.02. The summed E-state index contributed by atoms with van der Waals surface area (Å²) in [6, 6.07) is 6.95. The van der Waals surface area contributed by atoms with Gasteiger partial charge in [0.25, 0.3) is 0 Å². The van der Waals surface area contributed by atoms with Crippen LogP contribution in [0.2, 0.25) is 0 Å². The summed E-state index contributed by atoms with van der Waals surface area (Å²) >= 11 is 0. The number of oxime groups is 1. The minimum Gasteiger partial charge on any atom is -0.493 e. The van der Waals surface area contributed by atoms with Gasteiger partial charge in [-0.25, -0.2) is 0 Å². The molecule has 0 fully saturated rings. The molecule has 0 aliphatic rings. The van der Waals surface area contributed by atoms with Crippen molar-refractivity contribution < 1.29 is 14.7 Å². The van der Waals surface area contributed by atoms with Crippen LogP contribution in [0.5, 0.6) is 11.5 Å². The maximum atomic E-state index is 8.64. The Labute approximate surface area is 93.5 Å². The van der Waals surface area contributed by atoms with Gasteiger partial charge in [-0.05, 0) is 25.1 Å². The van der Waals surface area contributed by atoms with Gasteiger partial charge in [-0.3, -0.25) is 0 Å². The van der Waals surface area contributed by atoms with Crippen LogP contribution in [0.3, 0.4) is 0 Å². The molecule has 0 atom stereocenters. The molecule has 0 aliphatic carbocycles. The number of methoxy groups -OCH3 is 1. The molecule has 1 rings (SSSR count). The van der Waals surface area contributed by atoms with E-state index in [9.17, 15) is 0 Å². The molecule has 5 heteroatoms. The van der Waals surface area contributed by atoms with Gasteiger partial charge in [-0.1, -0.05) is 5.16 Å². The molecule has 0 bridgehead atoms. The predicted molar refractivity (Wildman–Crippen MR) is 58.1 cm³/mol. The Morgan fingerprint density at radius 2 is 2.25 bits per heavy atom. The summed E-state index contributed by atoms with van der Waals surface area (Å²) in [6.07, 6.45) is 0. The minimum atomic E-state index is -0.0389. The van der Waals surface area contributed by atoms with Crippen molar-refractivity contribution in [2.24, 2.45) is 5.16 Å². The molecular formula is C11H12N2O3. The molecule has 0 heterocycles. The average Bonchev–Trinajstić information content (AvgIpc) is 2.35. The molecule has 0 aliphatic heterocycles. The Morgan fingerprint density at radius 1 is 1.50 bits per heavy atom. The molecule has 0 saturated heterocycles. The van der Waals surface area contributed by atoms with E-state index >= 15 is 0 Å². The second kappa shape index (κ2) is 5.61. The van der Waals surface area contributed by atoms with E-state index in [-0.39, 0.29) is 6.61 Å². The lowest BCUT2D eigenvalue weighted by Gasteiger charge is -2.09. The minimum absolute atomic E-state index is 0.0389. The molecule has 1 aromatic carbocycles. The van der Waals surface area contributed by atoms with E-state index in [1.54, 1.807) is 25.1 Å². The monoisotopic (exact) mass is 220 g/mol. The van der Waals surface area contributed by atoms with Crippen LogP contribution in [-0.4, -0.2) is 24.6 Å². The first-order chi connectivity index (χ1) is 7.72. The van der Waals surface area contributed by atoms with Crippen LogP contribution in [0.1, 0.15) is 12.5 Å². The first-order valence-corrected chi connectivity index (χ1v) is 4.59. The van der Waals surface area contributed by atoms with Crippen LogP contribution in [-0.2, 0) is 0 Å². The summed E-state index contributed by atoms with van der Waals surface area (Å²) < 4.78 is 10.3. The molecule has 5 nitrogen and oxygen atoms in total. The molecule has 16 heavy (non-hydrogen) atoms. The lowest BCUT2D eigenvalue weighted by atomic mass is 10.1. The van der Waals surface area contributed by atoms with Crippen molar-refractivity contribution in [3.8, 4) is 17.6 Å². The van der Waals surface area contributed by atoms with Crippen LogP contribution >= 0.6 is 0 Å². The van der Waals surface area contributed by atoms with Crippen molar-refractivity contribution in [1.82, 2.24) is 0 Å². The van der Waals surface area contributed by atoms with Crippen molar-refractivity contribution in [3.05, 3.63) is 23.8 Å². The number of benzene rings is 1. The molecule has 84 valence electrons. The molecule has 0 spiro atoms. The predicted octanol–water partition coefficient (Wildman–Crippen LogP) is 1.80. The first-order valence-electron chi connectivity index (χ1n) is 4.59. The Morgan fingerprint density at radius 3 is 2.81 bits per heavy atom. The lowest BCUT2D eigenvalue weighted by Crippen LogP contribution is -2.00. The Hall–Kier alpha value is -2.22. The molecule has 0 saturated carbocycles. The average molecular weight is 220 g/mol. The van der Waals surface area contributed by atoms with Crippen LogP contribution in [0, 0.1) is 11.3 Å². The fourth-order valence-electron chi connectivity index (χ4n) is 1.18. The maximum absolute atomic E-state index is 8.64. The summed E-state index contributed by atoms with van der Waals surface area (Å²) in [7, 11) is 1.50. The highest BCUT2D eigenvalue weighted by atomic mass is 16.5. The zero-order valence-electron chi connectivity index (χ0n) is 9.10. The Bertz CT molecular complexity index is 435. The third-order valence-corrected chi connectivity index (χ3v) is 2.02. The second-order valence-corrected chi connectivity index (χ2v) is 3.00. The fraction of sp³-hybridized carbons (Fsp3) is 0.273. The van der Waals surface area contributed by atoms with Gasteiger partial charge in [0.05, 0.1) is 12.8 Å². The zero-order valence-corrected chi connectivity index (χ0v) is 9.10. The quantitative estimate of drug-likeness (QED) is 0.477. The number of ether oxygens (including phenoxy) is 2. The van der Waals surface area contributed by atoms with E-state index in [0.29, 0.717) is 17.2 Å². The topological polar surface area (TPSA) is 74.8 Å². The Balaban J connectivity index is 3.02. The summed E-state index contributed by atoms with van der Waals surface area (Å²) in [5.41, 5.74) is 1.20. The second-order valence-electron chi connectivity index (χ2n) is 3.00. The number of rotatable bonds is 4. The van der Waals surface area contributed by atoms with Gasteiger partial charge in [-0.2, -0.15) is 5.26 Å². The molecule has 0 amide bonds. The van der Waals surface area contributed by atoms with Crippen molar-refractivity contribution >= 4 is 5.71 Å². The van der Waals surface area contributed by atoms with Gasteiger partial charge < -0.3 is 14.7 Å². The maximum Gasteiger partial charge on any atom is 0.174 e. The highest BCUT2D eigenvalue weighted by Crippen LogP contribution is 2.28. The number of hydrogen-bond acceptors (Lipinski definition) is 5. The van der Waals surface area contributed by atoms with Gasteiger partial charge in [0.2, 0.25) is 0 Å². The SMILES string of the molecule is COc1cc(/C(C)=N/O)ccc1OCC#N. The van der Waals surface area contributed by atoms with Crippen molar-refractivity contribution in [2.45, 2.75) is 6.92 Å². The molecule has 0 radical (unpaired) electrons. The van der Waals surface area contributed by atoms with Crippen molar-refractivity contribution in [1.29, 1.82) is 5.26 Å². The van der Waals surface area contributed by atoms with Crippen LogP contribution in [0.15, 0.2) is 23.4 Å². The van der Waals surface area contributed by atoms with Crippen LogP contribution in [0.25, 0.3) is 0 Å². The molecular weight excluding hydrogens is 208 g/mol. The van der Waals surface area contributed by atoms with E-state index in [1.807, 2.05) is 6.07 Å². The number of nitrogens with zero attached hydrogens (tertiary/aromatic N) is 2. The summed E-state index contributed by atoms with van der Waals surface area (Å²) in [6.45, 7) is 1.63. The van der Waals surface area contributed by atoms with Crippen molar-refractivity contribution in [2.75, 3.05) is 13.7 Å². The summed E-state index contributed by atoms with van der Waals surface area (Å²) in [5, 5.41) is 20.1. The van der Waals surface area contributed by atoms with Gasteiger partial charge in [0.15, 0.2) is 18.1 Å². The first kappa shape index (κ1) is 11.9. The zero-order chi connectivity index (χ0) is 12.0. The molecule has 1 N–H and O–H groups in total. The highest BCUT2D eigenvalue weighted by molar-refractivity contribution is 5.98. The normalized spacial score (nSPS) is 10.7. The van der Waals surface area contributed by atoms with Gasteiger partial charge >= 0.3 is 0 Å². The van der Waals surface area contributed by atoms with Gasteiger partial charge in [0.1, 0.15) is 6.07 Å². The molecule has 0 aromatic heterocycles. The lowest BCUT2D eigenvalue weighted by molar-refractivity contribution is 0.318. The van der Waals surface area contributed by atoms with Crippen LogP contribution in [0.4, 0.5) is 0 Å². The van der Waals surface area contributed by atoms with E-state index in [4.69, 9.17) is 19.9 Å². The highest BCUT2D eigenvalue weighted by Gasteiger charge is 2.07. The van der Waals surface area contributed by atoms with Crippen LogP contribution < -0.4 is 9.47 Å². The van der Waals surface area contributed by atoms with Crippen molar-refractivity contribution in [3.63, 3.8) is 0 Å². The smallest absolute Gasteiger partial charge is 0.174 e. The summed E-state index contributed by atoms with van der Waals surface area (Å²) in [5.74, 6) is 0.981. The fourth-order valence-corrected chi connectivity index (χ4v) is 1.18. The van der Waals surface area contributed by atoms with E-state index < -0.39 is 0 Å². The molecule has 0 unspecified atom stereocenters. The van der Waals surface area contributed by atoms with E-state index in [0.717, 1.165) is 5.56 Å². The standard InChI is InChI=1S/C11H12N2O3/c1-8(13-14)9-3-4-10(16-6-5-12)11(7-9)15-2/h3-4,7,14H,6H2,1-2H3/b13-8+. The Kier molecular flexibility index (Phi) is 4.16. The number of nitriles is 1. The van der Waals surface area contributed by atoms with Gasteiger partial charge in [-0.15, -0.1) is 0 Å². The van der Waals surface area contributed by atoms with E-state index in [2.05, 4.69) is 5.16 Å². The number of hydrogen-bond donors (Lipinski definition) is 1. The van der Waals surface area contributed by atoms with Gasteiger partial charge in [0, 0.05) is 5.56 Å². The van der Waals surface area contributed by atoms with E-state index in [1.165, 1.54) is 7.11 Å². The third kappa shape index (κ3) is 2.64. The largest absolute Gasteiger partial charge is 0.493 e. The summed E-state index contributed by atoms with van der Waals surface area (Å²) in [4.78, 5) is 0.